The Morgan fingerprint density at radius 3 is 1.67 bits per heavy atom. The number of ketones is 1. The molecule has 10 heteroatoms. The van der Waals surface area contributed by atoms with Gasteiger partial charge in [-0.2, -0.15) is 0 Å². The molecule has 1 N–H and O–H groups in total. The molecule has 0 aliphatic heterocycles. The summed E-state index contributed by atoms with van der Waals surface area (Å²) >= 11 is 0. The molecule has 3 rings (SSSR count). The molecule has 10 nitrogen and oxygen atoms in total. The molecule has 274 valence electrons. The molecule has 0 saturated heterocycles. The molecule has 3 aromatic rings. The normalized spacial score (nSPS) is 9.76. The molecule has 0 radical (unpaired) electrons. The highest BCUT2D eigenvalue weighted by Gasteiger charge is 2.11. The van der Waals surface area contributed by atoms with Crippen molar-refractivity contribution in [2.24, 2.45) is 0 Å². The lowest BCUT2D eigenvalue weighted by Crippen LogP contribution is -2.08. The van der Waals surface area contributed by atoms with Gasteiger partial charge in [-0.3, -0.25) is 14.4 Å². The van der Waals surface area contributed by atoms with Crippen molar-refractivity contribution in [3.8, 4) is 23.0 Å². The van der Waals surface area contributed by atoms with Crippen molar-refractivity contribution < 1.29 is 48.0 Å². The molecule has 0 unspecified atom stereocenters. The Labute approximate surface area is 301 Å². The number of phenolic OH excluding ortho intramolecular Hbond substituents is 1. The van der Waals surface area contributed by atoms with Crippen molar-refractivity contribution in [3.63, 3.8) is 0 Å². The van der Waals surface area contributed by atoms with E-state index in [2.05, 4.69) is 20.1 Å². The second kappa shape index (κ2) is 27.3. The van der Waals surface area contributed by atoms with Crippen LogP contribution in [0.25, 0.3) is 0 Å². The maximum Gasteiger partial charge on any atom is 0.343 e. The second-order valence-electron chi connectivity index (χ2n) is 11.2. The number of rotatable bonds is 21. The summed E-state index contributed by atoms with van der Waals surface area (Å²) in [5.41, 5.74) is 1.06. The van der Waals surface area contributed by atoms with Crippen molar-refractivity contribution in [3.05, 3.63) is 109 Å². The number of allylic oxidation sites excluding steroid dienone is 1. The predicted octanol–water partition coefficient (Wildman–Crippen LogP) is 8.70. The van der Waals surface area contributed by atoms with E-state index in [0.717, 1.165) is 56.8 Å². The Bertz CT molecular complexity index is 1490. The number of esters is 2. The van der Waals surface area contributed by atoms with E-state index in [-0.39, 0.29) is 22.8 Å². The number of phenols is 1. The average Bonchev–Trinajstić information content (AvgIpc) is 3.15. The van der Waals surface area contributed by atoms with E-state index in [0.29, 0.717) is 36.4 Å². The molecule has 51 heavy (non-hydrogen) atoms. The van der Waals surface area contributed by atoms with Gasteiger partial charge in [-0.05, 0) is 112 Å². The second-order valence-corrected chi connectivity index (χ2v) is 11.2. The van der Waals surface area contributed by atoms with E-state index in [1.54, 1.807) is 36.4 Å². The average molecular weight is 703 g/mol. The van der Waals surface area contributed by atoms with Crippen molar-refractivity contribution >= 4 is 30.3 Å². The smallest absolute Gasteiger partial charge is 0.343 e. The van der Waals surface area contributed by atoms with Crippen LogP contribution in [0, 0.1) is 0 Å². The molecule has 0 fully saturated rings. The number of carbonyl (C=O) groups is 5. The Hall–Kier alpha value is -5.51. The highest BCUT2D eigenvalue weighted by atomic mass is 16.5. The predicted molar refractivity (Wildman–Crippen MR) is 197 cm³/mol. The molecule has 0 amide bonds. The Morgan fingerprint density at radius 1 is 0.667 bits per heavy atom. The van der Waals surface area contributed by atoms with Gasteiger partial charge < -0.3 is 24.1 Å². The monoisotopic (exact) mass is 702 g/mol. The number of hydrogen-bond acceptors (Lipinski definition) is 10. The molecule has 0 atom stereocenters. The van der Waals surface area contributed by atoms with Gasteiger partial charge in [-0.15, -0.1) is 0 Å². The van der Waals surface area contributed by atoms with Gasteiger partial charge >= 0.3 is 11.9 Å². The fourth-order valence-corrected chi connectivity index (χ4v) is 4.06. The molecule has 3 aromatic carbocycles. The Morgan fingerprint density at radius 2 is 1.18 bits per heavy atom. The van der Waals surface area contributed by atoms with Gasteiger partial charge in [-0.25, -0.2) is 9.59 Å². The molecule has 0 bridgehead atoms. The zero-order valence-electron chi connectivity index (χ0n) is 29.7. The minimum atomic E-state index is -0.582. The summed E-state index contributed by atoms with van der Waals surface area (Å²) in [6.45, 7) is 11.9. The van der Waals surface area contributed by atoms with Crippen LogP contribution in [-0.2, 0) is 14.3 Å². The maximum absolute atomic E-state index is 12.2. The third-order valence-electron chi connectivity index (χ3n) is 6.97. The molecule has 0 aliphatic rings. The lowest BCUT2D eigenvalue weighted by atomic mass is 10.2. The van der Waals surface area contributed by atoms with Crippen molar-refractivity contribution in [1.82, 2.24) is 0 Å². The van der Waals surface area contributed by atoms with Crippen molar-refractivity contribution in [1.29, 1.82) is 0 Å². The number of aldehydes is 2. The minimum Gasteiger partial charge on any atom is -0.507 e. The van der Waals surface area contributed by atoms with E-state index >= 15 is 0 Å². The van der Waals surface area contributed by atoms with Gasteiger partial charge in [0.05, 0.1) is 30.9 Å². The van der Waals surface area contributed by atoms with Gasteiger partial charge in [-0.1, -0.05) is 45.8 Å². The topological polar surface area (TPSA) is 142 Å². The lowest BCUT2D eigenvalue weighted by Gasteiger charge is -2.08. The first-order valence-corrected chi connectivity index (χ1v) is 17.0. The number of unbranched alkanes of at least 4 members (excludes halogenated alkanes) is 7. The van der Waals surface area contributed by atoms with Gasteiger partial charge in [0.25, 0.3) is 0 Å². The molecule has 0 heterocycles. The molecular formula is C41H50O10. The number of aromatic hydroxyl groups is 1. The van der Waals surface area contributed by atoms with Crippen molar-refractivity contribution in [2.75, 3.05) is 19.8 Å². The third-order valence-corrected chi connectivity index (χ3v) is 6.97. The zero-order valence-corrected chi connectivity index (χ0v) is 29.7. The summed E-state index contributed by atoms with van der Waals surface area (Å²) in [5, 5.41) is 9.48. The molecule has 0 saturated carbocycles. The van der Waals surface area contributed by atoms with Crippen LogP contribution in [0.4, 0.5) is 0 Å². The number of carbonyl (C=O) groups excluding carboxylic acids is 5. The number of benzene rings is 3. The fourth-order valence-electron chi connectivity index (χ4n) is 4.06. The molecule has 0 aliphatic carbocycles. The Balaban J connectivity index is 0.000000515. The molecule has 0 aromatic heterocycles. The van der Waals surface area contributed by atoms with Crippen molar-refractivity contribution in [2.45, 2.75) is 71.6 Å². The third kappa shape index (κ3) is 20.6. The summed E-state index contributed by atoms with van der Waals surface area (Å²) in [6.07, 6.45) is 13.5. The lowest BCUT2D eigenvalue weighted by molar-refractivity contribution is -0.137. The summed E-state index contributed by atoms with van der Waals surface area (Å²) in [4.78, 5) is 54.1. The summed E-state index contributed by atoms with van der Waals surface area (Å²) in [7, 11) is 0. The Kier molecular flexibility index (Phi) is 23.3. The minimum absolute atomic E-state index is 0.0185. The van der Waals surface area contributed by atoms with E-state index < -0.39 is 11.9 Å². The summed E-state index contributed by atoms with van der Waals surface area (Å²) in [5.74, 6) is 0.507. The van der Waals surface area contributed by atoms with Crippen LogP contribution < -0.4 is 14.2 Å². The van der Waals surface area contributed by atoms with Crippen LogP contribution in [0.2, 0.25) is 0 Å². The van der Waals surface area contributed by atoms with E-state index in [1.807, 2.05) is 12.1 Å². The quantitative estimate of drug-likeness (QED) is 0.0376. The molecule has 0 spiro atoms. The van der Waals surface area contributed by atoms with Gasteiger partial charge in [0.1, 0.15) is 29.3 Å². The van der Waals surface area contributed by atoms with Gasteiger partial charge in [0, 0.05) is 11.6 Å². The van der Waals surface area contributed by atoms with Crippen LogP contribution in [-0.4, -0.2) is 55.2 Å². The zero-order chi connectivity index (χ0) is 37.7. The van der Waals surface area contributed by atoms with E-state index in [1.165, 1.54) is 56.9 Å². The molecular weight excluding hydrogens is 652 g/mol. The van der Waals surface area contributed by atoms with Crippen LogP contribution in [0.5, 0.6) is 23.0 Å². The largest absolute Gasteiger partial charge is 0.507 e. The van der Waals surface area contributed by atoms with Crippen LogP contribution in [0.3, 0.4) is 0 Å². The first-order valence-electron chi connectivity index (χ1n) is 17.0. The standard InChI is InChI=1S/C23H24O7.C14H20O2.C4H6O/c1-2-22(26)29-14-6-4-3-5-13-28-19-9-7-17(8-10-19)23(27)30-20-11-12-21(25)18(15-20)16-24;1-2-3-4-5-6-11-16-14-9-7-13(12-15)8-10-14;1-3-4(2)5/h2,7-12,15-16,25H,1,3-6,13-14H2;7-10,12H,2-6,11H2,1H3;3H,1H2,2H3. The van der Waals surface area contributed by atoms with Crippen LogP contribution in [0.15, 0.2) is 92.0 Å². The van der Waals surface area contributed by atoms with Gasteiger partial charge in [0.2, 0.25) is 0 Å². The maximum atomic E-state index is 12.2. The highest BCUT2D eigenvalue weighted by Crippen LogP contribution is 2.23. The summed E-state index contributed by atoms with van der Waals surface area (Å²) < 4.78 is 21.3. The SMILES string of the molecule is C=CC(=O)OCCCCCCOc1ccc(C(=O)Oc2ccc(O)c(C=O)c2)cc1.C=CC(C)=O.CCCCCCCOc1ccc(C=O)cc1. The van der Waals surface area contributed by atoms with Crippen LogP contribution >= 0.6 is 0 Å². The number of ether oxygens (including phenoxy) is 4. The first-order chi connectivity index (χ1) is 24.7. The fraction of sp³-hybridized carbons (Fsp3) is 0.341. The highest BCUT2D eigenvalue weighted by molar-refractivity contribution is 5.91. The van der Waals surface area contributed by atoms with E-state index in [9.17, 15) is 29.1 Å². The first kappa shape index (κ1) is 43.5. The summed E-state index contributed by atoms with van der Waals surface area (Å²) in [6, 6.07) is 17.8. The van der Waals surface area contributed by atoms with E-state index in [4.69, 9.17) is 18.9 Å². The van der Waals surface area contributed by atoms with Crippen LogP contribution in [0.1, 0.15) is 103 Å². The van der Waals surface area contributed by atoms with Gasteiger partial charge in [0.15, 0.2) is 12.1 Å². The number of hydrogen-bond donors (Lipinski definition) is 1.